The van der Waals surface area contributed by atoms with Gasteiger partial charge >= 0.3 is 0 Å². The van der Waals surface area contributed by atoms with E-state index in [-0.39, 0.29) is 18.6 Å². The number of hydrogen-bond donors (Lipinski definition) is 1. The first-order valence-electron chi connectivity index (χ1n) is 5.76. The lowest BCUT2D eigenvalue weighted by atomic mass is 10.1. The van der Waals surface area contributed by atoms with Crippen LogP contribution in [0, 0.1) is 0 Å². The first-order chi connectivity index (χ1) is 8.15. The van der Waals surface area contributed by atoms with Gasteiger partial charge in [0.1, 0.15) is 6.61 Å². The number of rotatable bonds is 6. The summed E-state index contributed by atoms with van der Waals surface area (Å²) in [5.41, 5.74) is 0.915. The first kappa shape index (κ1) is 14.0. The van der Waals surface area contributed by atoms with Crippen LogP contribution >= 0.6 is 11.6 Å². The van der Waals surface area contributed by atoms with E-state index in [1.807, 2.05) is 38.1 Å². The lowest BCUT2D eigenvalue weighted by molar-refractivity contribution is -0.126. The van der Waals surface area contributed by atoms with Crippen LogP contribution in [-0.2, 0) is 9.53 Å². The average molecular weight is 256 g/mol. The van der Waals surface area contributed by atoms with Crippen LogP contribution in [0.2, 0.25) is 5.02 Å². The number of carbonyl (C=O) groups excluding carboxylic acids is 1. The summed E-state index contributed by atoms with van der Waals surface area (Å²) in [5, 5.41) is 3.51. The Morgan fingerprint density at radius 1 is 1.47 bits per heavy atom. The topological polar surface area (TPSA) is 38.3 Å². The molecule has 0 aromatic heterocycles. The fourth-order valence-electron chi connectivity index (χ4n) is 1.50. The molecule has 0 aliphatic rings. The highest BCUT2D eigenvalue weighted by molar-refractivity contribution is 6.31. The van der Waals surface area contributed by atoms with Crippen molar-refractivity contribution in [2.45, 2.75) is 26.3 Å². The number of amides is 1. The van der Waals surface area contributed by atoms with Crippen LogP contribution < -0.4 is 5.32 Å². The van der Waals surface area contributed by atoms with Gasteiger partial charge in [0, 0.05) is 11.6 Å². The Labute approximate surface area is 107 Å². The molecule has 1 N–H and O–H groups in total. The van der Waals surface area contributed by atoms with Crippen molar-refractivity contribution < 1.29 is 9.53 Å². The molecular formula is C13H18ClNO2. The van der Waals surface area contributed by atoms with E-state index < -0.39 is 0 Å². The van der Waals surface area contributed by atoms with Crippen molar-refractivity contribution in [2.75, 3.05) is 13.2 Å². The zero-order valence-electron chi connectivity index (χ0n) is 10.2. The molecule has 0 unspecified atom stereocenters. The summed E-state index contributed by atoms with van der Waals surface area (Å²) in [4.78, 5) is 11.5. The van der Waals surface area contributed by atoms with Crippen LogP contribution in [0.4, 0.5) is 0 Å². The molecule has 1 aromatic rings. The van der Waals surface area contributed by atoms with Gasteiger partial charge in [0.05, 0.1) is 6.04 Å². The van der Waals surface area contributed by atoms with E-state index in [2.05, 4.69) is 5.32 Å². The fraction of sp³-hybridized carbons (Fsp3) is 0.462. The first-order valence-corrected chi connectivity index (χ1v) is 6.14. The van der Waals surface area contributed by atoms with Crippen LogP contribution in [0.5, 0.6) is 0 Å². The molecule has 0 aliphatic carbocycles. The minimum absolute atomic E-state index is 0.0998. The highest BCUT2D eigenvalue weighted by atomic mass is 35.5. The molecule has 4 heteroatoms. The van der Waals surface area contributed by atoms with Crippen LogP contribution in [0.3, 0.4) is 0 Å². The summed E-state index contributed by atoms with van der Waals surface area (Å²) in [6.07, 6.45) is 0.910. The maximum Gasteiger partial charge on any atom is 0.246 e. The predicted molar refractivity (Wildman–Crippen MR) is 69.1 cm³/mol. The Hall–Kier alpha value is -1.06. The predicted octanol–water partition coefficient (Wildman–Crippen LogP) is 2.94. The van der Waals surface area contributed by atoms with Gasteiger partial charge in [0.25, 0.3) is 0 Å². The van der Waals surface area contributed by atoms with Gasteiger partial charge in [-0.2, -0.15) is 0 Å². The monoisotopic (exact) mass is 255 g/mol. The SMILES string of the molecule is CCCOCC(=O)N[C@@H](C)c1ccccc1Cl. The molecule has 0 fully saturated rings. The van der Waals surface area contributed by atoms with Crippen molar-refractivity contribution in [3.8, 4) is 0 Å². The molecule has 0 saturated heterocycles. The Bertz CT molecular complexity index is 368. The zero-order valence-corrected chi connectivity index (χ0v) is 11.0. The number of carbonyl (C=O) groups is 1. The van der Waals surface area contributed by atoms with Gasteiger partial charge in [-0.25, -0.2) is 0 Å². The lowest BCUT2D eigenvalue weighted by Crippen LogP contribution is -2.30. The maximum atomic E-state index is 11.5. The summed E-state index contributed by atoms with van der Waals surface area (Å²) in [5.74, 6) is -0.120. The second kappa shape index (κ2) is 7.30. The highest BCUT2D eigenvalue weighted by Crippen LogP contribution is 2.21. The Morgan fingerprint density at radius 3 is 2.82 bits per heavy atom. The van der Waals surface area contributed by atoms with E-state index in [9.17, 15) is 4.79 Å². The third kappa shape index (κ3) is 4.75. The van der Waals surface area contributed by atoms with E-state index in [1.54, 1.807) is 0 Å². The van der Waals surface area contributed by atoms with Crippen LogP contribution in [0.15, 0.2) is 24.3 Å². The van der Waals surface area contributed by atoms with Crippen molar-refractivity contribution >= 4 is 17.5 Å². The van der Waals surface area contributed by atoms with Crippen LogP contribution in [-0.4, -0.2) is 19.1 Å². The summed E-state index contributed by atoms with van der Waals surface area (Å²) in [6.45, 7) is 4.61. The lowest BCUT2D eigenvalue weighted by Gasteiger charge is -2.15. The minimum Gasteiger partial charge on any atom is -0.372 e. The third-order valence-corrected chi connectivity index (χ3v) is 2.68. The average Bonchev–Trinajstić information content (AvgIpc) is 2.29. The molecule has 17 heavy (non-hydrogen) atoms. The summed E-state index contributed by atoms with van der Waals surface area (Å²) < 4.78 is 5.17. The molecule has 94 valence electrons. The molecule has 0 radical (unpaired) electrons. The van der Waals surface area contributed by atoms with E-state index >= 15 is 0 Å². The largest absolute Gasteiger partial charge is 0.372 e. The van der Waals surface area contributed by atoms with E-state index in [0.717, 1.165) is 12.0 Å². The normalized spacial score (nSPS) is 12.2. The summed E-state index contributed by atoms with van der Waals surface area (Å²) in [7, 11) is 0. The number of benzene rings is 1. The van der Waals surface area contributed by atoms with Gasteiger partial charge in [0.15, 0.2) is 0 Å². The summed E-state index contributed by atoms with van der Waals surface area (Å²) >= 11 is 6.05. The van der Waals surface area contributed by atoms with Gasteiger partial charge in [-0.1, -0.05) is 36.7 Å². The Kier molecular flexibility index (Phi) is 6.01. The third-order valence-electron chi connectivity index (χ3n) is 2.33. The van der Waals surface area contributed by atoms with Crippen LogP contribution in [0.25, 0.3) is 0 Å². The Balaban J connectivity index is 2.46. The molecular weight excluding hydrogens is 238 g/mol. The van der Waals surface area contributed by atoms with E-state index in [0.29, 0.717) is 11.6 Å². The molecule has 0 spiro atoms. The molecule has 0 aliphatic heterocycles. The standard InChI is InChI=1S/C13H18ClNO2/c1-3-8-17-9-13(16)15-10(2)11-6-4-5-7-12(11)14/h4-7,10H,3,8-9H2,1-2H3,(H,15,16)/t10-/m0/s1. The molecule has 1 aromatic carbocycles. The molecule has 1 amide bonds. The van der Waals surface area contributed by atoms with Gasteiger partial charge in [-0.05, 0) is 25.0 Å². The molecule has 0 bridgehead atoms. The van der Waals surface area contributed by atoms with Crippen molar-refractivity contribution in [1.82, 2.24) is 5.32 Å². The van der Waals surface area contributed by atoms with Crippen molar-refractivity contribution in [3.05, 3.63) is 34.9 Å². The second-order valence-electron chi connectivity index (χ2n) is 3.86. The smallest absolute Gasteiger partial charge is 0.246 e. The van der Waals surface area contributed by atoms with Crippen molar-refractivity contribution in [2.24, 2.45) is 0 Å². The van der Waals surface area contributed by atoms with Gasteiger partial charge in [-0.15, -0.1) is 0 Å². The maximum absolute atomic E-state index is 11.5. The number of ether oxygens (including phenoxy) is 1. The van der Waals surface area contributed by atoms with Gasteiger partial charge in [-0.3, -0.25) is 4.79 Å². The van der Waals surface area contributed by atoms with E-state index in [1.165, 1.54) is 0 Å². The number of hydrogen-bond acceptors (Lipinski definition) is 2. The van der Waals surface area contributed by atoms with Gasteiger partial charge < -0.3 is 10.1 Å². The van der Waals surface area contributed by atoms with Crippen molar-refractivity contribution in [1.29, 1.82) is 0 Å². The number of halogens is 1. The molecule has 1 rings (SSSR count). The van der Waals surface area contributed by atoms with Crippen molar-refractivity contribution in [3.63, 3.8) is 0 Å². The Morgan fingerprint density at radius 2 is 2.18 bits per heavy atom. The second-order valence-corrected chi connectivity index (χ2v) is 4.27. The van der Waals surface area contributed by atoms with Crippen LogP contribution in [0.1, 0.15) is 31.9 Å². The molecule has 1 atom stereocenters. The molecule has 0 saturated carbocycles. The van der Waals surface area contributed by atoms with E-state index in [4.69, 9.17) is 16.3 Å². The highest BCUT2D eigenvalue weighted by Gasteiger charge is 2.11. The molecule has 0 heterocycles. The quantitative estimate of drug-likeness (QED) is 0.794. The zero-order chi connectivity index (χ0) is 12.7. The molecule has 3 nitrogen and oxygen atoms in total. The van der Waals surface area contributed by atoms with Gasteiger partial charge in [0.2, 0.25) is 5.91 Å². The minimum atomic E-state index is -0.120. The number of nitrogens with one attached hydrogen (secondary N) is 1. The fourth-order valence-corrected chi connectivity index (χ4v) is 1.80. The summed E-state index contributed by atoms with van der Waals surface area (Å²) in [6, 6.07) is 7.37.